The Morgan fingerprint density at radius 1 is 1.43 bits per heavy atom. The minimum atomic E-state index is 0.330. The van der Waals surface area contributed by atoms with Crippen molar-refractivity contribution in [3.63, 3.8) is 0 Å². The van der Waals surface area contributed by atoms with Gasteiger partial charge in [-0.25, -0.2) is 0 Å². The van der Waals surface area contributed by atoms with E-state index in [0.717, 1.165) is 15.9 Å². The Balaban J connectivity index is 2.43. The second-order valence-corrected chi connectivity index (χ2v) is 6.08. The zero-order valence-electron chi connectivity index (χ0n) is 8.89. The molecule has 0 aromatic heterocycles. The summed E-state index contributed by atoms with van der Waals surface area (Å²) in [5.41, 5.74) is 1.33. The van der Waals surface area contributed by atoms with Gasteiger partial charge in [0.05, 0.1) is 0 Å². The maximum atomic E-state index is 6.26. The Morgan fingerprint density at radius 3 is 2.86 bits per heavy atom. The van der Waals surface area contributed by atoms with Gasteiger partial charge in [-0.15, -0.1) is 11.6 Å². The average molecular weight is 225 g/mol. The van der Waals surface area contributed by atoms with Crippen molar-refractivity contribution < 1.29 is 0 Å². The lowest BCUT2D eigenvalue weighted by atomic mass is 10.2. The fraction of sp³-hybridized carbons (Fsp3) is 0.500. The molecule has 0 N–H and O–H groups in total. The van der Waals surface area contributed by atoms with Crippen molar-refractivity contribution in [3.05, 3.63) is 29.8 Å². The van der Waals surface area contributed by atoms with Gasteiger partial charge in [0.15, 0.2) is 0 Å². The molecule has 0 aliphatic carbocycles. The van der Waals surface area contributed by atoms with E-state index in [4.69, 9.17) is 11.6 Å². The van der Waals surface area contributed by atoms with Gasteiger partial charge in [0.25, 0.3) is 0 Å². The molecule has 1 aromatic carbocycles. The minimum absolute atomic E-state index is 0.330. The van der Waals surface area contributed by atoms with Crippen molar-refractivity contribution in [2.45, 2.75) is 38.1 Å². The van der Waals surface area contributed by atoms with Gasteiger partial charge in [-0.05, 0) is 13.3 Å². The lowest BCUT2D eigenvalue weighted by molar-refractivity contribution is 0.754. The highest BCUT2D eigenvalue weighted by atomic mass is 35.5. The molecule has 2 radical (unpaired) electrons. The normalized spacial score (nSPS) is 12.8. The molecule has 1 unspecified atom stereocenters. The van der Waals surface area contributed by atoms with Crippen LogP contribution in [0.25, 0.3) is 0 Å². The van der Waals surface area contributed by atoms with Crippen LogP contribution in [0, 0.1) is 6.92 Å². The topological polar surface area (TPSA) is 0 Å². The zero-order valence-corrected chi connectivity index (χ0v) is 10.6. The molecular weight excluding hydrogens is 208 g/mol. The van der Waals surface area contributed by atoms with Crippen LogP contribution >= 0.6 is 11.6 Å². The molecule has 0 saturated heterocycles. The van der Waals surface area contributed by atoms with Gasteiger partial charge in [-0.3, -0.25) is 0 Å². The molecule has 0 spiro atoms. The van der Waals surface area contributed by atoms with Crippen LogP contribution in [0.1, 0.15) is 31.7 Å². The Hall–Kier alpha value is -0.273. The van der Waals surface area contributed by atoms with E-state index in [2.05, 4.69) is 38.1 Å². The summed E-state index contributed by atoms with van der Waals surface area (Å²) in [6, 6.07) is 8.65. The van der Waals surface area contributed by atoms with E-state index in [1.807, 2.05) is 0 Å². The largest absolute Gasteiger partial charge is 0.127 e. The first-order chi connectivity index (χ1) is 6.72. The number of hydrogen-bond donors (Lipinski definition) is 0. The quantitative estimate of drug-likeness (QED) is 0.533. The van der Waals surface area contributed by atoms with Crippen molar-refractivity contribution >= 4 is 26.3 Å². The summed E-state index contributed by atoms with van der Waals surface area (Å²) in [6.07, 6.45) is 3.62. The number of rotatable bonds is 5. The number of benzene rings is 1. The van der Waals surface area contributed by atoms with Gasteiger partial charge < -0.3 is 0 Å². The van der Waals surface area contributed by atoms with Gasteiger partial charge >= 0.3 is 0 Å². The molecule has 0 aliphatic rings. The van der Waals surface area contributed by atoms with E-state index in [0.29, 0.717) is 5.00 Å². The molecule has 0 nitrogen and oxygen atoms in total. The van der Waals surface area contributed by atoms with Gasteiger partial charge in [0.1, 0.15) is 9.52 Å². The first kappa shape index (κ1) is 11.8. The molecule has 1 atom stereocenters. The minimum Gasteiger partial charge on any atom is -0.127 e. The molecule has 0 bridgehead atoms. The van der Waals surface area contributed by atoms with Gasteiger partial charge in [-0.2, -0.15) is 0 Å². The summed E-state index contributed by atoms with van der Waals surface area (Å²) in [4.78, 5) is 0. The molecule has 1 rings (SSSR count). The molecular formula is C12H17ClSi. The standard InChI is InChI=1S/C12H17ClSi/c1-3-4-8-12(13)14-11-7-5-6-10(2)9-11/h5-7,9,12H,3-4,8H2,1-2H3. The highest BCUT2D eigenvalue weighted by Crippen LogP contribution is 2.06. The van der Waals surface area contributed by atoms with Crippen LogP contribution in [0.2, 0.25) is 0 Å². The second-order valence-electron chi connectivity index (χ2n) is 3.62. The number of halogens is 1. The van der Waals surface area contributed by atoms with Gasteiger partial charge in [0, 0.05) is 5.00 Å². The van der Waals surface area contributed by atoms with E-state index in [1.54, 1.807) is 0 Å². The van der Waals surface area contributed by atoms with Crippen LogP contribution in [0.3, 0.4) is 0 Å². The Morgan fingerprint density at radius 2 is 2.21 bits per heavy atom. The SMILES string of the molecule is CCCCC(Cl)[Si]c1cccc(C)c1. The van der Waals surface area contributed by atoms with Crippen LogP contribution in [-0.2, 0) is 0 Å². The monoisotopic (exact) mass is 224 g/mol. The Kier molecular flexibility index (Phi) is 5.27. The zero-order chi connectivity index (χ0) is 10.4. The van der Waals surface area contributed by atoms with Crippen LogP contribution in [0.4, 0.5) is 0 Å². The molecule has 0 amide bonds. The number of unbranched alkanes of at least 4 members (excludes halogenated alkanes) is 1. The van der Waals surface area contributed by atoms with Gasteiger partial charge in [0.2, 0.25) is 0 Å². The highest BCUT2D eigenvalue weighted by molar-refractivity contribution is 6.64. The molecule has 0 heterocycles. The van der Waals surface area contributed by atoms with Crippen LogP contribution in [0.15, 0.2) is 24.3 Å². The van der Waals surface area contributed by atoms with Crippen LogP contribution in [-0.4, -0.2) is 14.5 Å². The predicted molar refractivity (Wildman–Crippen MR) is 65.7 cm³/mol. The van der Waals surface area contributed by atoms with E-state index < -0.39 is 0 Å². The fourth-order valence-electron chi connectivity index (χ4n) is 1.37. The summed E-state index contributed by atoms with van der Waals surface area (Å²) in [5, 5.41) is 1.72. The van der Waals surface area contributed by atoms with Crippen molar-refractivity contribution in [1.82, 2.24) is 0 Å². The fourth-order valence-corrected chi connectivity index (χ4v) is 3.12. The first-order valence-electron chi connectivity index (χ1n) is 5.19. The second kappa shape index (κ2) is 6.26. The number of hydrogen-bond acceptors (Lipinski definition) is 0. The molecule has 14 heavy (non-hydrogen) atoms. The summed E-state index contributed by atoms with van der Waals surface area (Å²) in [7, 11) is 0.750. The van der Waals surface area contributed by atoms with E-state index in [9.17, 15) is 0 Å². The summed E-state index contributed by atoms with van der Waals surface area (Å²) < 4.78 is 0. The Bertz CT molecular complexity index is 273. The number of alkyl halides is 1. The van der Waals surface area contributed by atoms with E-state index in [1.165, 1.54) is 23.6 Å². The van der Waals surface area contributed by atoms with Crippen LogP contribution < -0.4 is 5.19 Å². The first-order valence-corrected chi connectivity index (χ1v) is 6.71. The maximum absolute atomic E-state index is 6.26. The van der Waals surface area contributed by atoms with E-state index >= 15 is 0 Å². The molecule has 2 heteroatoms. The summed E-state index contributed by atoms with van der Waals surface area (Å²) >= 11 is 6.26. The number of aryl methyl sites for hydroxylation is 1. The third-order valence-electron chi connectivity index (χ3n) is 2.15. The van der Waals surface area contributed by atoms with Crippen molar-refractivity contribution in [2.24, 2.45) is 0 Å². The molecule has 76 valence electrons. The third-order valence-corrected chi connectivity index (χ3v) is 3.94. The van der Waals surface area contributed by atoms with E-state index in [-0.39, 0.29) is 0 Å². The van der Waals surface area contributed by atoms with Crippen molar-refractivity contribution in [1.29, 1.82) is 0 Å². The van der Waals surface area contributed by atoms with Crippen molar-refractivity contribution in [3.8, 4) is 0 Å². The highest BCUT2D eigenvalue weighted by Gasteiger charge is 2.06. The Labute approximate surface area is 94.5 Å². The third kappa shape index (κ3) is 4.29. The smallest absolute Gasteiger partial charge is 0.103 e. The predicted octanol–water partition coefficient (Wildman–Crippen LogP) is 3.08. The van der Waals surface area contributed by atoms with Crippen molar-refractivity contribution in [2.75, 3.05) is 0 Å². The molecule has 0 fully saturated rings. The average Bonchev–Trinajstić information content (AvgIpc) is 2.15. The molecule has 0 aliphatic heterocycles. The summed E-state index contributed by atoms with van der Waals surface area (Å²) in [6.45, 7) is 4.34. The van der Waals surface area contributed by atoms with Gasteiger partial charge in [-0.1, -0.05) is 54.8 Å². The molecule has 0 saturated carbocycles. The van der Waals surface area contributed by atoms with Crippen LogP contribution in [0.5, 0.6) is 0 Å². The summed E-state index contributed by atoms with van der Waals surface area (Å²) in [5.74, 6) is 0. The lowest BCUT2D eigenvalue weighted by Gasteiger charge is -2.07. The molecule has 1 aromatic rings. The maximum Gasteiger partial charge on any atom is 0.103 e. The lowest BCUT2D eigenvalue weighted by Crippen LogP contribution is -2.24.